The van der Waals surface area contributed by atoms with E-state index in [4.69, 9.17) is 0 Å². The molecule has 0 saturated heterocycles. The molecule has 1 aromatic carbocycles. The van der Waals surface area contributed by atoms with Gasteiger partial charge in [0.15, 0.2) is 0 Å². The van der Waals surface area contributed by atoms with Gasteiger partial charge >= 0.3 is 0 Å². The third-order valence-electron chi connectivity index (χ3n) is 2.54. The number of benzene rings is 1. The molecule has 0 aliphatic carbocycles. The van der Waals surface area contributed by atoms with Gasteiger partial charge in [-0.3, -0.25) is 4.79 Å². The molecule has 0 aliphatic rings. The number of hydrogen-bond donors (Lipinski definition) is 1. The van der Waals surface area contributed by atoms with Crippen LogP contribution in [0.1, 0.15) is 12.7 Å². The number of rotatable bonds is 4. The van der Waals surface area contributed by atoms with Gasteiger partial charge in [-0.25, -0.2) is 4.98 Å². The lowest BCUT2D eigenvalue weighted by Gasteiger charge is -2.08. The van der Waals surface area contributed by atoms with Crippen molar-refractivity contribution >= 4 is 27.5 Å². The van der Waals surface area contributed by atoms with E-state index in [1.54, 1.807) is 6.20 Å². The standard InChI is InChI=1S/C13H14BrN3O/c1-2-12-15-6-7-17(12)9-13(18)16-11-5-3-4-10(14)8-11/h3-8H,2,9H2,1H3,(H,16,18). The topological polar surface area (TPSA) is 46.9 Å². The Morgan fingerprint density at radius 1 is 1.50 bits per heavy atom. The Bertz CT molecular complexity index is 551. The first kappa shape index (κ1) is 12.8. The smallest absolute Gasteiger partial charge is 0.244 e. The summed E-state index contributed by atoms with van der Waals surface area (Å²) < 4.78 is 2.80. The van der Waals surface area contributed by atoms with Crippen LogP contribution in [-0.4, -0.2) is 15.5 Å². The van der Waals surface area contributed by atoms with Crippen molar-refractivity contribution in [1.29, 1.82) is 0 Å². The fourth-order valence-corrected chi connectivity index (χ4v) is 2.12. The zero-order valence-electron chi connectivity index (χ0n) is 10.1. The number of aromatic nitrogens is 2. The molecule has 1 aromatic heterocycles. The normalized spacial score (nSPS) is 10.3. The number of hydrogen-bond acceptors (Lipinski definition) is 2. The van der Waals surface area contributed by atoms with Crippen molar-refractivity contribution in [3.05, 3.63) is 47.0 Å². The number of nitrogens with zero attached hydrogens (tertiary/aromatic N) is 2. The summed E-state index contributed by atoms with van der Waals surface area (Å²) in [6.45, 7) is 2.31. The summed E-state index contributed by atoms with van der Waals surface area (Å²) in [7, 11) is 0. The molecular formula is C13H14BrN3O. The van der Waals surface area contributed by atoms with Crippen molar-refractivity contribution in [2.45, 2.75) is 19.9 Å². The van der Waals surface area contributed by atoms with Crippen LogP contribution in [0, 0.1) is 0 Å². The molecule has 2 rings (SSSR count). The minimum Gasteiger partial charge on any atom is -0.326 e. The second kappa shape index (κ2) is 5.82. The molecule has 1 N–H and O–H groups in total. The Morgan fingerprint density at radius 2 is 2.33 bits per heavy atom. The molecular weight excluding hydrogens is 294 g/mol. The molecule has 0 saturated carbocycles. The van der Waals surface area contributed by atoms with E-state index < -0.39 is 0 Å². The largest absolute Gasteiger partial charge is 0.326 e. The third-order valence-corrected chi connectivity index (χ3v) is 3.03. The van der Waals surface area contributed by atoms with Crippen molar-refractivity contribution in [3.63, 3.8) is 0 Å². The predicted molar refractivity (Wildman–Crippen MR) is 74.4 cm³/mol. The average molecular weight is 308 g/mol. The van der Waals surface area contributed by atoms with E-state index in [-0.39, 0.29) is 12.5 Å². The van der Waals surface area contributed by atoms with Crippen molar-refractivity contribution < 1.29 is 4.79 Å². The molecule has 5 heteroatoms. The molecule has 1 amide bonds. The quantitative estimate of drug-likeness (QED) is 0.944. The number of amides is 1. The van der Waals surface area contributed by atoms with Gasteiger partial charge in [0.25, 0.3) is 0 Å². The Balaban J connectivity index is 2.01. The Labute approximate surface area is 114 Å². The average Bonchev–Trinajstić information content (AvgIpc) is 2.76. The van der Waals surface area contributed by atoms with E-state index in [9.17, 15) is 4.79 Å². The lowest BCUT2D eigenvalue weighted by atomic mass is 10.3. The van der Waals surface area contributed by atoms with Crippen molar-refractivity contribution in [3.8, 4) is 0 Å². The summed E-state index contributed by atoms with van der Waals surface area (Å²) in [6.07, 6.45) is 4.35. The van der Waals surface area contributed by atoms with Crippen LogP contribution in [0.2, 0.25) is 0 Å². The molecule has 0 bridgehead atoms. The summed E-state index contributed by atoms with van der Waals surface area (Å²) in [5.74, 6) is 0.861. The first-order valence-electron chi connectivity index (χ1n) is 5.74. The highest BCUT2D eigenvalue weighted by molar-refractivity contribution is 9.10. The zero-order valence-corrected chi connectivity index (χ0v) is 11.6. The number of halogens is 1. The maximum atomic E-state index is 11.9. The van der Waals surface area contributed by atoms with E-state index in [0.29, 0.717) is 0 Å². The van der Waals surface area contributed by atoms with Gasteiger partial charge < -0.3 is 9.88 Å². The van der Waals surface area contributed by atoms with E-state index in [2.05, 4.69) is 26.2 Å². The van der Waals surface area contributed by atoms with Crippen LogP contribution in [-0.2, 0) is 17.8 Å². The predicted octanol–water partition coefficient (Wildman–Crippen LogP) is 2.85. The van der Waals surface area contributed by atoms with Gasteiger partial charge in [0.05, 0.1) is 0 Å². The molecule has 0 unspecified atom stereocenters. The molecule has 18 heavy (non-hydrogen) atoms. The van der Waals surface area contributed by atoms with E-state index in [1.807, 2.05) is 42.0 Å². The van der Waals surface area contributed by atoms with Gasteiger partial charge in [0.1, 0.15) is 12.4 Å². The van der Waals surface area contributed by atoms with Gasteiger partial charge in [-0.05, 0) is 18.2 Å². The Hall–Kier alpha value is -1.62. The highest BCUT2D eigenvalue weighted by atomic mass is 79.9. The van der Waals surface area contributed by atoms with Crippen LogP contribution < -0.4 is 5.32 Å². The van der Waals surface area contributed by atoms with Gasteiger partial charge in [0, 0.05) is 29.0 Å². The number of carbonyl (C=O) groups excluding carboxylic acids is 1. The number of nitrogens with one attached hydrogen (secondary N) is 1. The number of carbonyl (C=O) groups is 1. The molecule has 1 heterocycles. The molecule has 0 radical (unpaired) electrons. The number of aryl methyl sites for hydroxylation is 1. The van der Waals surface area contributed by atoms with Crippen molar-refractivity contribution in [1.82, 2.24) is 9.55 Å². The van der Waals surface area contributed by atoms with Crippen LogP contribution in [0.15, 0.2) is 41.1 Å². The van der Waals surface area contributed by atoms with Crippen molar-refractivity contribution in [2.75, 3.05) is 5.32 Å². The molecule has 0 fully saturated rings. The van der Waals surface area contributed by atoms with E-state index in [0.717, 1.165) is 22.4 Å². The monoisotopic (exact) mass is 307 g/mol. The van der Waals surface area contributed by atoms with Gasteiger partial charge in [-0.2, -0.15) is 0 Å². The summed E-state index contributed by atoms with van der Waals surface area (Å²) in [5, 5.41) is 2.85. The minimum atomic E-state index is -0.0548. The summed E-state index contributed by atoms with van der Waals surface area (Å²) in [4.78, 5) is 16.1. The summed E-state index contributed by atoms with van der Waals surface area (Å²) in [6, 6.07) is 7.53. The fourth-order valence-electron chi connectivity index (χ4n) is 1.72. The van der Waals surface area contributed by atoms with Gasteiger partial charge in [0.2, 0.25) is 5.91 Å². The molecule has 0 spiro atoms. The Morgan fingerprint density at radius 3 is 3.06 bits per heavy atom. The lowest BCUT2D eigenvalue weighted by molar-refractivity contribution is -0.116. The van der Waals surface area contributed by atoms with Crippen LogP contribution in [0.5, 0.6) is 0 Å². The lowest BCUT2D eigenvalue weighted by Crippen LogP contribution is -2.19. The summed E-state index contributed by atoms with van der Waals surface area (Å²) in [5.41, 5.74) is 0.785. The minimum absolute atomic E-state index is 0.0548. The highest BCUT2D eigenvalue weighted by Gasteiger charge is 2.06. The molecule has 4 nitrogen and oxygen atoms in total. The van der Waals surface area contributed by atoms with E-state index >= 15 is 0 Å². The number of anilines is 1. The van der Waals surface area contributed by atoms with Crippen LogP contribution >= 0.6 is 15.9 Å². The first-order chi connectivity index (χ1) is 8.69. The molecule has 94 valence electrons. The fraction of sp³-hybridized carbons (Fsp3) is 0.231. The summed E-state index contributed by atoms with van der Waals surface area (Å²) >= 11 is 3.37. The zero-order chi connectivity index (χ0) is 13.0. The third kappa shape index (κ3) is 3.20. The maximum Gasteiger partial charge on any atom is 0.244 e. The molecule has 0 atom stereocenters. The van der Waals surface area contributed by atoms with Gasteiger partial charge in [-0.15, -0.1) is 0 Å². The maximum absolute atomic E-state index is 11.9. The SMILES string of the molecule is CCc1nccn1CC(=O)Nc1cccc(Br)c1. The first-order valence-corrected chi connectivity index (χ1v) is 6.53. The Kier molecular flexibility index (Phi) is 4.15. The van der Waals surface area contributed by atoms with Crippen LogP contribution in [0.25, 0.3) is 0 Å². The second-order valence-electron chi connectivity index (χ2n) is 3.88. The number of imidazole rings is 1. The van der Waals surface area contributed by atoms with E-state index in [1.165, 1.54) is 0 Å². The molecule has 0 aliphatic heterocycles. The van der Waals surface area contributed by atoms with Crippen LogP contribution in [0.3, 0.4) is 0 Å². The second-order valence-corrected chi connectivity index (χ2v) is 4.80. The van der Waals surface area contributed by atoms with Crippen LogP contribution in [0.4, 0.5) is 5.69 Å². The van der Waals surface area contributed by atoms with Crippen molar-refractivity contribution in [2.24, 2.45) is 0 Å². The van der Waals surface area contributed by atoms with Gasteiger partial charge in [-0.1, -0.05) is 28.9 Å². The highest BCUT2D eigenvalue weighted by Crippen LogP contribution is 2.15. The molecule has 2 aromatic rings.